The number of hydrogen-bond donors (Lipinski definition) is 1. The van der Waals surface area contributed by atoms with E-state index in [4.69, 9.17) is 9.47 Å². The lowest BCUT2D eigenvalue weighted by atomic mass is 10.1. The highest BCUT2D eigenvalue weighted by Gasteiger charge is 2.27. The molecule has 0 unspecified atom stereocenters. The summed E-state index contributed by atoms with van der Waals surface area (Å²) < 4.78 is 10.9. The topological polar surface area (TPSA) is 97.8 Å². The quantitative estimate of drug-likeness (QED) is 0.454. The van der Waals surface area contributed by atoms with E-state index in [9.17, 15) is 14.4 Å². The number of carbonyl (C=O) groups is 3. The lowest BCUT2D eigenvalue weighted by Gasteiger charge is -2.22. The van der Waals surface area contributed by atoms with Crippen molar-refractivity contribution in [3.05, 3.63) is 83.4 Å². The molecule has 8 nitrogen and oxygen atoms in total. The molecule has 0 fully saturated rings. The Morgan fingerprint density at radius 3 is 2.33 bits per heavy atom. The molecule has 9 heteroatoms. The summed E-state index contributed by atoms with van der Waals surface area (Å²) in [6.45, 7) is 0.197. The van der Waals surface area contributed by atoms with Crippen LogP contribution in [0.3, 0.4) is 0 Å². The van der Waals surface area contributed by atoms with Crippen molar-refractivity contribution >= 4 is 34.4 Å². The van der Waals surface area contributed by atoms with Gasteiger partial charge in [0.1, 0.15) is 6.61 Å². The second kappa shape index (κ2) is 12.4. The average Bonchev–Trinajstić information content (AvgIpc) is 3.34. The minimum absolute atomic E-state index is 0.0625. The van der Waals surface area contributed by atoms with E-state index in [2.05, 4.69) is 10.3 Å². The first-order valence-electron chi connectivity index (χ1n) is 10.4. The van der Waals surface area contributed by atoms with Gasteiger partial charge in [0.2, 0.25) is 12.0 Å². The molecule has 33 heavy (non-hydrogen) atoms. The Morgan fingerprint density at radius 1 is 1.03 bits per heavy atom. The lowest BCUT2D eigenvalue weighted by molar-refractivity contribution is -0.155. The van der Waals surface area contributed by atoms with Crippen molar-refractivity contribution < 1.29 is 23.9 Å². The van der Waals surface area contributed by atoms with Gasteiger partial charge in [0.05, 0.1) is 0 Å². The van der Waals surface area contributed by atoms with Gasteiger partial charge in [-0.05, 0) is 11.1 Å². The van der Waals surface area contributed by atoms with Crippen molar-refractivity contribution in [1.82, 2.24) is 9.88 Å². The highest BCUT2D eigenvalue weighted by Crippen LogP contribution is 2.13. The summed E-state index contributed by atoms with van der Waals surface area (Å²) >= 11 is 1.31. The molecule has 1 heterocycles. The van der Waals surface area contributed by atoms with Gasteiger partial charge >= 0.3 is 12.1 Å². The minimum atomic E-state index is -1.12. The molecule has 0 aliphatic carbocycles. The number of benzene rings is 2. The van der Waals surface area contributed by atoms with Crippen molar-refractivity contribution in [2.24, 2.45) is 0 Å². The van der Waals surface area contributed by atoms with Crippen molar-refractivity contribution in [3.8, 4) is 0 Å². The number of aromatic nitrogens is 1. The normalized spacial score (nSPS) is 11.3. The molecular formula is C24H25N3O5S. The zero-order valence-corrected chi connectivity index (χ0v) is 19.0. The number of thiazole rings is 1. The van der Waals surface area contributed by atoms with Crippen molar-refractivity contribution in [1.29, 1.82) is 0 Å². The molecule has 0 aliphatic heterocycles. The highest BCUT2D eigenvalue weighted by molar-refractivity contribution is 7.13. The van der Waals surface area contributed by atoms with Gasteiger partial charge in [0.25, 0.3) is 0 Å². The summed E-state index contributed by atoms with van der Waals surface area (Å²) in [6, 6.07) is 18.5. The molecular weight excluding hydrogens is 442 g/mol. The molecule has 172 valence electrons. The van der Waals surface area contributed by atoms with Gasteiger partial charge in [0, 0.05) is 38.0 Å². The maximum atomic E-state index is 12.7. The predicted octanol–water partition coefficient (Wildman–Crippen LogP) is 3.89. The van der Waals surface area contributed by atoms with Crippen molar-refractivity contribution in [3.63, 3.8) is 0 Å². The summed E-state index contributed by atoms with van der Waals surface area (Å²) in [5.41, 5.74) is 1.66. The van der Waals surface area contributed by atoms with Crippen LogP contribution in [-0.2, 0) is 32.1 Å². The van der Waals surface area contributed by atoms with Crippen LogP contribution in [0.25, 0.3) is 0 Å². The van der Waals surface area contributed by atoms with Gasteiger partial charge in [-0.1, -0.05) is 60.7 Å². The number of ether oxygens (including phenoxy) is 2. The van der Waals surface area contributed by atoms with Gasteiger partial charge in [-0.2, -0.15) is 0 Å². The van der Waals surface area contributed by atoms with Crippen molar-refractivity contribution in [2.45, 2.75) is 25.6 Å². The second-order valence-electron chi connectivity index (χ2n) is 7.21. The Kier molecular flexibility index (Phi) is 8.96. The minimum Gasteiger partial charge on any atom is -0.458 e. The zero-order chi connectivity index (χ0) is 23.5. The third kappa shape index (κ3) is 8.04. The van der Waals surface area contributed by atoms with Gasteiger partial charge in [-0.25, -0.2) is 14.6 Å². The van der Waals surface area contributed by atoms with Crippen LogP contribution in [0.5, 0.6) is 0 Å². The Morgan fingerprint density at radius 2 is 1.70 bits per heavy atom. The first-order valence-corrected chi connectivity index (χ1v) is 11.2. The molecule has 0 bridgehead atoms. The number of amides is 2. The largest absolute Gasteiger partial charge is 0.458 e. The van der Waals surface area contributed by atoms with Crippen LogP contribution in [0.2, 0.25) is 0 Å². The SMILES string of the molecule is CN(CCC(=O)Nc1nccs1)C(=O)O[C@@H](Cc1ccccc1)C(=O)OCc1ccccc1. The molecule has 2 aromatic carbocycles. The number of anilines is 1. The average molecular weight is 468 g/mol. The van der Waals surface area contributed by atoms with E-state index in [0.717, 1.165) is 11.1 Å². The standard InChI is InChI=1S/C24H25N3O5S/c1-27(14-12-21(28)26-23-25-13-15-33-23)24(30)32-20(16-18-8-4-2-5-9-18)22(29)31-17-19-10-6-3-7-11-19/h2-11,13,15,20H,12,14,16-17H2,1H3,(H,25,26,28)/t20-/m0/s1. The molecule has 3 aromatic rings. The summed E-state index contributed by atoms with van der Waals surface area (Å²) in [5.74, 6) is -0.904. The van der Waals surface area contributed by atoms with Crippen LogP contribution in [0.1, 0.15) is 17.5 Å². The Balaban J connectivity index is 1.56. The Bertz CT molecular complexity index is 1030. The number of hydrogen-bond acceptors (Lipinski definition) is 7. The Labute approximate surface area is 196 Å². The van der Waals surface area contributed by atoms with Crippen LogP contribution >= 0.6 is 11.3 Å². The fourth-order valence-electron chi connectivity index (χ4n) is 2.86. The summed E-state index contributed by atoms with van der Waals surface area (Å²) in [4.78, 5) is 42.6. The molecule has 0 spiro atoms. The zero-order valence-electron chi connectivity index (χ0n) is 18.2. The van der Waals surface area contributed by atoms with E-state index in [0.29, 0.717) is 5.13 Å². The Hall–Kier alpha value is -3.72. The van der Waals surface area contributed by atoms with Crippen LogP contribution in [0, 0.1) is 0 Å². The number of rotatable bonds is 10. The number of nitrogens with zero attached hydrogens (tertiary/aromatic N) is 2. The van der Waals surface area contributed by atoms with Crippen LogP contribution < -0.4 is 5.32 Å². The van der Waals surface area contributed by atoms with E-state index in [-0.39, 0.29) is 31.9 Å². The predicted molar refractivity (Wildman–Crippen MR) is 125 cm³/mol. The van der Waals surface area contributed by atoms with E-state index in [1.807, 2.05) is 60.7 Å². The molecule has 0 aliphatic rings. The van der Waals surface area contributed by atoms with Crippen LogP contribution in [0.4, 0.5) is 9.93 Å². The van der Waals surface area contributed by atoms with Gasteiger partial charge in [0.15, 0.2) is 5.13 Å². The first-order chi connectivity index (χ1) is 16.0. The van der Waals surface area contributed by atoms with Crippen molar-refractivity contribution in [2.75, 3.05) is 18.9 Å². The molecule has 1 atom stereocenters. The highest BCUT2D eigenvalue weighted by atomic mass is 32.1. The summed E-state index contributed by atoms with van der Waals surface area (Å²) in [5, 5.41) is 4.90. The van der Waals surface area contributed by atoms with Gasteiger partial charge in [-0.15, -0.1) is 11.3 Å². The fraction of sp³-hybridized carbons (Fsp3) is 0.250. The molecule has 3 rings (SSSR count). The van der Waals surface area contributed by atoms with E-state index < -0.39 is 18.2 Å². The lowest BCUT2D eigenvalue weighted by Crippen LogP contribution is -2.38. The molecule has 2 amide bonds. The third-order valence-electron chi connectivity index (χ3n) is 4.66. The molecule has 1 N–H and O–H groups in total. The molecule has 1 aromatic heterocycles. The van der Waals surface area contributed by atoms with E-state index >= 15 is 0 Å². The van der Waals surface area contributed by atoms with Crippen LogP contribution in [-0.4, -0.2) is 47.6 Å². The second-order valence-corrected chi connectivity index (χ2v) is 8.11. The maximum Gasteiger partial charge on any atom is 0.410 e. The van der Waals surface area contributed by atoms with E-state index in [1.165, 1.54) is 23.3 Å². The monoisotopic (exact) mass is 467 g/mol. The van der Waals surface area contributed by atoms with Gasteiger partial charge in [-0.3, -0.25) is 4.79 Å². The number of carbonyl (C=O) groups excluding carboxylic acids is 3. The number of nitrogens with one attached hydrogen (secondary N) is 1. The molecule has 0 radical (unpaired) electrons. The number of esters is 1. The van der Waals surface area contributed by atoms with Gasteiger partial charge < -0.3 is 19.7 Å². The van der Waals surface area contributed by atoms with Crippen LogP contribution in [0.15, 0.2) is 72.2 Å². The molecule has 0 saturated heterocycles. The summed E-state index contributed by atoms with van der Waals surface area (Å²) in [6.07, 6.45) is 0.00358. The first kappa shape index (κ1) is 23.9. The molecule has 0 saturated carbocycles. The maximum absolute atomic E-state index is 12.7. The smallest absolute Gasteiger partial charge is 0.410 e. The third-order valence-corrected chi connectivity index (χ3v) is 5.35. The van der Waals surface area contributed by atoms with E-state index in [1.54, 1.807) is 11.6 Å². The fourth-order valence-corrected chi connectivity index (χ4v) is 3.41. The summed E-state index contributed by atoms with van der Waals surface area (Å²) in [7, 11) is 1.51.